The Labute approximate surface area is 233 Å². The number of carbonyl (C=O) groups is 2. The van der Waals surface area contributed by atoms with Crippen LogP contribution >= 0.6 is 11.6 Å². The van der Waals surface area contributed by atoms with Crippen LogP contribution in [0.3, 0.4) is 0 Å². The van der Waals surface area contributed by atoms with Crippen LogP contribution in [0.25, 0.3) is 5.57 Å². The Morgan fingerprint density at radius 1 is 0.775 bits per heavy atom. The van der Waals surface area contributed by atoms with Crippen LogP contribution in [0.5, 0.6) is 11.5 Å². The van der Waals surface area contributed by atoms with Crippen molar-refractivity contribution in [3.05, 3.63) is 106 Å². The minimum Gasteiger partial charge on any atom is -0.497 e. The molecule has 2 fully saturated rings. The van der Waals surface area contributed by atoms with E-state index in [1.54, 1.807) is 14.2 Å². The summed E-state index contributed by atoms with van der Waals surface area (Å²) in [4.78, 5) is 28.4. The summed E-state index contributed by atoms with van der Waals surface area (Å²) in [5.74, 6) is -2.01. The number of methoxy groups -OCH3 is 2. The number of amides is 2. The van der Waals surface area contributed by atoms with Crippen molar-refractivity contribution in [3.63, 3.8) is 0 Å². The Morgan fingerprint density at radius 2 is 1.25 bits per heavy atom. The standard InChI is InChI=1S/C31H23ClF3NO4/c1-39-19-8-3-16(4-9-19)25(17-5-10-20(40-2)11-6-17)26-21-12-13-22(26)28-27(21)29(37)36(30(28)38)24-15-18(31(33,34)35)7-14-23(24)32/h3-15,21-22,27-28H,1-2H3/t21-,22-,27+,28+/m1/s1. The van der Waals surface area contributed by atoms with Crippen molar-refractivity contribution in [2.45, 2.75) is 6.18 Å². The van der Waals surface area contributed by atoms with Gasteiger partial charge in [-0.25, -0.2) is 4.90 Å². The molecule has 2 aliphatic carbocycles. The molecule has 3 aromatic rings. The molecule has 1 aliphatic heterocycles. The molecule has 3 aliphatic rings. The van der Waals surface area contributed by atoms with Gasteiger partial charge in [-0.3, -0.25) is 9.59 Å². The Hall–Kier alpha value is -4.04. The zero-order valence-electron chi connectivity index (χ0n) is 21.4. The lowest BCUT2D eigenvalue weighted by molar-refractivity contribution is -0.137. The summed E-state index contributed by atoms with van der Waals surface area (Å²) in [6.07, 6.45) is -0.795. The fourth-order valence-electron chi connectivity index (χ4n) is 6.21. The second-order valence-electron chi connectivity index (χ2n) is 9.95. The average molecular weight is 566 g/mol. The van der Waals surface area contributed by atoms with Gasteiger partial charge in [0.1, 0.15) is 11.5 Å². The smallest absolute Gasteiger partial charge is 0.416 e. The first-order chi connectivity index (χ1) is 19.1. The monoisotopic (exact) mass is 565 g/mol. The number of rotatable bonds is 5. The van der Waals surface area contributed by atoms with Crippen LogP contribution in [0, 0.1) is 23.7 Å². The summed E-state index contributed by atoms with van der Waals surface area (Å²) in [5.41, 5.74) is 2.38. The van der Waals surface area contributed by atoms with E-state index < -0.39 is 47.2 Å². The molecule has 3 aromatic carbocycles. The van der Waals surface area contributed by atoms with Crippen molar-refractivity contribution in [1.82, 2.24) is 0 Å². The number of anilines is 1. The number of fused-ring (bicyclic) bond motifs is 5. The molecular formula is C31H23ClF3NO4. The lowest BCUT2D eigenvalue weighted by Crippen LogP contribution is -2.33. The highest BCUT2D eigenvalue weighted by molar-refractivity contribution is 6.36. The van der Waals surface area contributed by atoms with Crippen molar-refractivity contribution < 1.29 is 32.2 Å². The molecule has 9 heteroatoms. The highest BCUT2D eigenvalue weighted by Gasteiger charge is 2.62. The van der Waals surface area contributed by atoms with Gasteiger partial charge in [-0.2, -0.15) is 13.2 Å². The van der Waals surface area contributed by atoms with Gasteiger partial charge in [0.05, 0.1) is 42.3 Å². The summed E-state index contributed by atoms with van der Waals surface area (Å²) in [6, 6.07) is 17.8. The molecule has 6 rings (SSSR count). The van der Waals surface area contributed by atoms with Crippen molar-refractivity contribution in [1.29, 1.82) is 0 Å². The van der Waals surface area contributed by atoms with Gasteiger partial charge in [-0.15, -0.1) is 0 Å². The largest absolute Gasteiger partial charge is 0.497 e. The number of imide groups is 1. The van der Waals surface area contributed by atoms with Gasteiger partial charge in [-0.05, 0) is 64.7 Å². The third kappa shape index (κ3) is 4.01. The number of ether oxygens (including phenoxy) is 2. The van der Waals surface area contributed by atoms with Crippen molar-refractivity contribution >= 4 is 34.7 Å². The van der Waals surface area contributed by atoms with Crippen LogP contribution in [0.1, 0.15) is 16.7 Å². The highest BCUT2D eigenvalue weighted by Crippen LogP contribution is 2.59. The van der Waals surface area contributed by atoms with E-state index in [4.69, 9.17) is 21.1 Å². The van der Waals surface area contributed by atoms with E-state index in [2.05, 4.69) is 0 Å². The van der Waals surface area contributed by atoms with E-state index in [0.717, 1.165) is 45.4 Å². The minimum absolute atomic E-state index is 0.0945. The number of allylic oxidation sites excluding steroid dienone is 3. The summed E-state index contributed by atoms with van der Waals surface area (Å²) in [7, 11) is 3.17. The van der Waals surface area contributed by atoms with Crippen LogP contribution in [0.4, 0.5) is 18.9 Å². The molecule has 0 spiro atoms. The van der Waals surface area contributed by atoms with Crippen molar-refractivity contribution in [3.8, 4) is 11.5 Å². The van der Waals surface area contributed by atoms with Crippen molar-refractivity contribution in [2.24, 2.45) is 23.7 Å². The second kappa shape index (κ2) is 9.55. The molecule has 0 radical (unpaired) electrons. The first kappa shape index (κ1) is 26.2. The topological polar surface area (TPSA) is 55.8 Å². The molecular weight excluding hydrogens is 543 g/mol. The molecule has 1 heterocycles. The minimum atomic E-state index is -4.65. The summed E-state index contributed by atoms with van der Waals surface area (Å²) in [6.45, 7) is 0. The summed E-state index contributed by atoms with van der Waals surface area (Å²) in [5, 5.41) is -0.0945. The molecule has 0 aromatic heterocycles. The van der Waals surface area contributed by atoms with Gasteiger partial charge in [0.15, 0.2) is 0 Å². The Kier molecular flexibility index (Phi) is 6.26. The maximum atomic E-state index is 13.8. The quantitative estimate of drug-likeness (QED) is 0.252. The maximum Gasteiger partial charge on any atom is 0.416 e. The molecule has 2 amide bonds. The van der Waals surface area contributed by atoms with Crippen LogP contribution in [-0.4, -0.2) is 26.0 Å². The third-order valence-corrected chi connectivity index (χ3v) is 8.30. The molecule has 40 heavy (non-hydrogen) atoms. The normalized spacial score (nSPS) is 23.1. The number of hydrogen-bond donors (Lipinski definition) is 0. The summed E-state index contributed by atoms with van der Waals surface area (Å²) < 4.78 is 51.0. The van der Waals surface area contributed by atoms with E-state index in [0.29, 0.717) is 11.5 Å². The predicted octanol–water partition coefficient (Wildman–Crippen LogP) is 6.80. The SMILES string of the molecule is COc1ccc(C(=C2[C@H]3C=C[C@H]2[C@@H]2C(=O)N(c4cc(C(F)(F)F)ccc4Cl)C(=O)[C@H]23)c2ccc(OC)cc2)cc1. The number of hydrogen-bond acceptors (Lipinski definition) is 4. The van der Waals surface area contributed by atoms with Crippen LogP contribution in [0.2, 0.25) is 5.02 Å². The molecule has 0 unspecified atom stereocenters. The van der Waals surface area contributed by atoms with E-state index in [1.807, 2.05) is 60.7 Å². The summed E-state index contributed by atoms with van der Waals surface area (Å²) >= 11 is 6.23. The van der Waals surface area contributed by atoms with Gasteiger partial charge in [-0.1, -0.05) is 48.0 Å². The number of benzene rings is 3. The first-order valence-corrected chi connectivity index (χ1v) is 13.0. The first-order valence-electron chi connectivity index (χ1n) is 12.6. The van der Waals surface area contributed by atoms with Gasteiger partial charge < -0.3 is 9.47 Å². The van der Waals surface area contributed by atoms with Gasteiger partial charge in [0, 0.05) is 11.8 Å². The lowest BCUT2D eigenvalue weighted by atomic mass is 9.85. The van der Waals surface area contributed by atoms with Crippen LogP contribution < -0.4 is 14.4 Å². The Bertz CT molecular complexity index is 1490. The van der Waals surface area contributed by atoms with E-state index in [9.17, 15) is 22.8 Å². The number of carbonyl (C=O) groups excluding carboxylic acids is 2. The van der Waals surface area contributed by atoms with Crippen molar-refractivity contribution in [2.75, 3.05) is 19.1 Å². The zero-order valence-corrected chi connectivity index (χ0v) is 22.2. The number of nitrogens with zero attached hydrogens (tertiary/aromatic N) is 1. The fourth-order valence-corrected chi connectivity index (χ4v) is 6.41. The molecule has 1 saturated heterocycles. The lowest BCUT2D eigenvalue weighted by Gasteiger charge is -2.23. The zero-order chi connectivity index (χ0) is 28.3. The third-order valence-electron chi connectivity index (χ3n) is 7.98. The predicted molar refractivity (Wildman–Crippen MR) is 144 cm³/mol. The van der Waals surface area contributed by atoms with Gasteiger partial charge in [0.25, 0.3) is 0 Å². The van der Waals surface area contributed by atoms with E-state index >= 15 is 0 Å². The molecule has 5 nitrogen and oxygen atoms in total. The van der Waals surface area contributed by atoms with E-state index in [-0.39, 0.29) is 10.7 Å². The molecule has 204 valence electrons. The van der Waals surface area contributed by atoms with Gasteiger partial charge in [0.2, 0.25) is 11.8 Å². The second-order valence-corrected chi connectivity index (χ2v) is 10.4. The Morgan fingerprint density at radius 3 is 1.68 bits per heavy atom. The molecule has 0 N–H and O–H groups in total. The number of halogens is 4. The van der Waals surface area contributed by atoms with Crippen LogP contribution in [-0.2, 0) is 15.8 Å². The maximum absolute atomic E-state index is 13.8. The average Bonchev–Trinajstić information content (AvgIpc) is 3.58. The number of alkyl halides is 3. The van der Waals surface area contributed by atoms with E-state index in [1.165, 1.54) is 0 Å². The molecule has 2 bridgehead atoms. The van der Waals surface area contributed by atoms with Gasteiger partial charge >= 0.3 is 6.18 Å². The highest BCUT2D eigenvalue weighted by atomic mass is 35.5. The molecule has 1 saturated carbocycles. The van der Waals surface area contributed by atoms with Crippen LogP contribution in [0.15, 0.2) is 84.5 Å². The fraction of sp³-hybridized carbons (Fsp3) is 0.226. The Balaban J connectivity index is 1.46. The molecule has 4 atom stereocenters.